The van der Waals surface area contributed by atoms with Crippen LogP contribution in [0.5, 0.6) is 5.75 Å². The number of methoxy groups -OCH3 is 1. The van der Waals surface area contributed by atoms with Crippen LogP contribution < -0.4 is 20.7 Å². The van der Waals surface area contributed by atoms with Crippen LogP contribution in [0.25, 0.3) is 0 Å². The van der Waals surface area contributed by atoms with Crippen molar-refractivity contribution in [3.8, 4) is 5.75 Å². The molecule has 1 fully saturated rings. The molecular formula is C18H27N3O3. The van der Waals surface area contributed by atoms with E-state index >= 15 is 0 Å². The first kappa shape index (κ1) is 18.1. The van der Waals surface area contributed by atoms with Crippen LogP contribution in [0.4, 0.5) is 10.5 Å². The van der Waals surface area contributed by atoms with Crippen molar-refractivity contribution < 1.29 is 14.3 Å². The summed E-state index contributed by atoms with van der Waals surface area (Å²) in [7, 11) is 1.59. The van der Waals surface area contributed by atoms with Gasteiger partial charge in [0.1, 0.15) is 5.75 Å². The average Bonchev–Trinajstić information content (AvgIpc) is 2.57. The monoisotopic (exact) mass is 333 g/mol. The van der Waals surface area contributed by atoms with Crippen molar-refractivity contribution in [2.24, 2.45) is 5.92 Å². The van der Waals surface area contributed by atoms with Gasteiger partial charge in [0.05, 0.1) is 7.11 Å². The lowest BCUT2D eigenvalue weighted by atomic mass is 9.86. The quantitative estimate of drug-likeness (QED) is 0.749. The third-order valence-electron chi connectivity index (χ3n) is 4.44. The van der Waals surface area contributed by atoms with Crippen molar-refractivity contribution in [2.75, 3.05) is 19.0 Å². The Morgan fingerprint density at radius 3 is 2.54 bits per heavy atom. The number of amides is 3. The summed E-state index contributed by atoms with van der Waals surface area (Å²) >= 11 is 0. The molecule has 0 radical (unpaired) electrons. The summed E-state index contributed by atoms with van der Waals surface area (Å²) in [4.78, 5) is 23.8. The number of carbonyl (C=O) groups excluding carboxylic acids is 2. The van der Waals surface area contributed by atoms with Gasteiger partial charge in [-0.25, -0.2) is 4.79 Å². The van der Waals surface area contributed by atoms with E-state index in [-0.39, 0.29) is 18.0 Å². The Morgan fingerprint density at radius 2 is 1.88 bits per heavy atom. The maximum atomic E-state index is 12.0. The molecule has 0 aliphatic heterocycles. The van der Waals surface area contributed by atoms with Crippen molar-refractivity contribution in [1.82, 2.24) is 10.6 Å². The molecule has 132 valence electrons. The third kappa shape index (κ3) is 5.76. The Balaban J connectivity index is 1.65. The maximum absolute atomic E-state index is 12.0. The van der Waals surface area contributed by atoms with Gasteiger partial charge in [-0.15, -0.1) is 0 Å². The standard InChI is InChI=1S/C18H27N3O3/c1-13-5-3-4-6-16(13)21-17(22)11-12-19-18(23)20-14-7-9-15(24-2)10-8-14/h7-10,13,16H,3-6,11-12H2,1-2H3,(H,21,22)(H2,19,20,23)/t13-,16-/m0/s1. The molecular weight excluding hydrogens is 306 g/mol. The molecule has 2 rings (SSSR count). The van der Waals surface area contributed by atoms with E-state index in [0.717, 1.165) is 12.2 Å². The molecule has 1 aliphatic rings. The molecule has 0 unspecified atom stereocenters. The van der Waals surface area contributed by atoms with Gasteiger partial charge in [0, 0.05) is 24.7 Å². The highest BCUT2D eigenvalue weighted by atomic mass is 16.5. The lowest BCUT2D eigenvalue weighted by Gasteiger charge is -2.29. The summed E-state index contributed by atoms with van der Waals surface area (Å²) < 4.78 is 5.06. The van der Waals surface area contributed by atoms with Crippen molar-refractivity contribution >= 4 is 17.6 Å². The van der Waals surface area contributed by atoms with Crippen LogP contribution in [0.15, 0.2) is 24.3 Å². The van der Waals surface area contributed by atoms with Gasteiger partial charge in [0.25, 0.3) is 0 Å². The Labute approximate surface area is 143 Å². The summed E-state index contributed by atoms with van der Waals surface area (Å²) in [6.07, 6.45) is 4.95. The van der Waals surface area contributed by atoms with Crippen molar-refractivity contribution in [3.05, 3.63) is 24.3 Å². The van der Waals surface area contributed by atoms with E-state index in [1.165, 1.54) is 19.3 Å². The van der Waals surface area contributed by atoms with Crippen LogP contribution in [0.3, 0.4) is 0 Å². The van der Waals surface area contributed by atoms with E-state index in [0.29, 0.717) is 24.6 Å². The molecule has 0 heterocycles. The number of nitrogens with one attached hydrogen (secondary N) is 3. The third-order valence-corrected chi connectivity index (χ3v) is 4.44. The Bertz CT molecular complexity index is 545. The van der Waals surface area contributed by atoms with Crippen LogP contribution in [-0.4, -0.2) is 31.6 Å². The van der Waals surface area contributed by atoms with Gasteiger partial charge in [-0.05, 0) is 43.0 Å². The first-order valence-corrected chi connectivity index (χ1v) is 8.56. The molecule has 2 atom stereocenters. The van der Waals surface area contributed by atoms with Crippen LogP contribution >= 0.6 is 0 Å². The fourth-order valence-corrected chi connectivity index (χ4v) is 2.95. The number of hydrogen-bond donors (Lipinski definition) is 3. The number of rotatable bonds is 6. The first-order valence-electron chi connectivity index (χ1n) is 8.56. The predicted octanol–water partition coefficient (Wildman–Crippen LogP) is 2.90. The van der Waals surface area contributed by atoms with E-state index in [1.54, 1.807) is 31.4 Å². The molecule has 1 aromatic rings. The SMILES string of the molecule is COc1ccc(NC(=O)NCCC(=O)N[C@H]2CCCC[C@@H]2C)cc1. The molecule has 0 spiro atoms. The highest BCUT2D eigenvalue weighted by Gasteiger charge is 2.22. The molecule has 3 amide bonds. The van der Waals surface area contributed by atoms with Gasteiger partial charge in [-0.1, -0.05) is 19.8 Å². The molecule has 0 bridgehead atoms. The van der Waals surface area contributed by atoms with E-state index in [1.807, 2.05) is 0 Å². The lowest BCUT2D eigenvalue weighted by Crippen LogP contribution is -2.42. The molecule has 3 N–H and O–H groups in total. The van der Waals surface area contributed by atoms with Gasteiger partial charge < -0.3 is 20.7 Å². The zero-order valence-electron chi connectivity index (χ0n) is 14.4. The number of anilines is 1. The van der Waals surface area contributed by atoms with Crippen LogP contribution in [0, 0.1) is 5.92 Å². The van der Waals surface area contributed by atoms with Gasteiger partial charge in [-0.3, -0.25) is 4.79 Å². The van der Waals surface area contributed by atoms with Gasteiger partial charge in [0.2, 0.25) is 5.91 Å². The fraction of sp³-hybridized carbons (Fsp3) is 0.556. The first-order chi connectivity index (χ1) is 11.6. The number of carbonyl (C=O) groups is 2. The van der Waals surface area contributed by atoms with Crippen molar-refractivity contribution in [3.63, 3.8) is 0 Å². The molecule has 0 saturated heterocycles. The van der Waals surface area contributed by atoms with Gasteiger partial charge >= 0.3 is 6.03 Å². The Kier molecular flexibility index (Phi) is 6.90. The summed E-state index contributed by atoms with van der Waals surface area (Å²) in [6, 6.07) is 7.02. The Morgan fingerprint density at radius 1 is 1.17 bits per heavy atom. The number of ether oxygens (including phenoxy) is 1. The van der Waals surface area contributed by atoms with Gasteiger partial charge in [0.15, 0.2) is 0 Å². The number of benzene rings is 1. The summed E-state index contributed by atoms with van der Waals surface area (Å²) in [5, 5.41) is 8.50. The minimum atomic E-state index is -0.320. The molecule has 6 nitrogen and oxygen atoms in total. The second kappa shape index (κ2) is 9.15. The zero-order chi connectivity index (χ0) is 17.4. The summed E-state index contributed by atoms with van der Waals surface area (Å²) in [5.41, 5.74) is 0.675. The molecule has 0 aromatic heterocycles. The normalized spacial score (nSPS) is 20.1. The predicted molar refractivity (Wildman–Crippen MR) is 94.2 cm³/mol. The van der Waals surface area contributed by atoms with Crippen LogP contribution in [0.1, 0.15) is 39.0 Å². The van der Waals surface area contributed by atoms with Crippen LogP contribution in [-0.2, 0) is 4.79 Å². The maximum Gasteiger partial charge on any atom is 0.319 e. The summed E-state index contributed by atoms with van der Waals surface area (Å²) in [6.45, 7) is 2.50. The fourth-order valence-electron chi connectivity index (χ4n) is 2.95. The van der Waals surface area contributed by atoms with Crippen molar-refractivity contribution in [2.45, 2.75) is 45.1 Å². The van der Waals surface area contributed by atoms with E-state index in [2.05, 4.69) is 22.9 Å². The van der Waals surface area contributed by atoms with Crippen LogP contribution in [0.2, 0.25) is 0 Å². The van der Waals surface area contributed by atoms with E-state index < -0.39 is 0 Å². The highest BCUT2D eigenvalue weighted by Crippen LogP contribution is 2.23. The molecule has 1 aromatic carbocycles. The zero-order valence-corrected chi connectivity index (χ0v) is 14.4. The number of hydrogen-bond acceptors (Lipinski definition) is 3. The number of urea groups is 1. The van der Waals surface area contributed by atoms with E-state index in [4.69, 9.17) is 4.74 Å². The lowest BCUT2D eigenvalue weighted by molar-refractivity contribution is -0.122. The van der Waals surface area contributed by atoms with E-state index in [9.17, 15) is 9.59 Å². The largest absolute Gasteiger partial charge is 0.497 e. The molecule has 1 saturated carbocycles. The second-order valence-electron chi connectivity index (χ2n) is 6.30. The van der Waals surface area contributed by atoms with Gasteiger partial charge in [-0.2, -0.15) is 0 Å². The molecule has 24 heavy (non-hydrogen) atoms. The molecule has 1 aliphatic carbocycles. The minimum absolute atomic E-state index is 0.00139. The average molecular weight is 333 g/mol. The smallest absolute Gasteiger partial charge is 0.319 e. The topological polar surface area (TPSA) is 79.5 Å². The molecule has 6 heteroatoms. The van der Waals surface area contributed by atoms with Crippen molar-refractivity contribution in [1.29, 1.82) is 0 Å². The Hall–Kier alpha value is -2.24. The minimum Gasteiger partial charge on any atom is -0.497 e. The highest BCUT2D eigenvalue weighted by molar-refractivity contribution is 5.89. The summed E-state index contributed by atoms with van der Waals surface area (Å²) in [5.74, 6) is 1.27. The second-order valence-corrected chi connectivity index (χ2v) is 6.30.